The summed E-state index contributed by atoms with van der Waals surface area (Å²) < 4.78 is 0. The number of rotatable bonds is 5. The number of primary amides is 1. The average Bonchev–Trinajstić information content (AvgIpc) is 2.83. The molecule has 1 unspecified atom stereocenters. The number of benzene rings is 2. The Kier molecular flexibility index (Phi) is 5.41. The Balaban J connectivity index is 1.98. The van der Waals surface area contributed by atoms with Crippen LogP contribution in [0.25, 0.3) is 11.1 Å². The van der Waals surface area contributed by atoms with Crippen LogP contribution in [0.2, 0.25) is 0 Å². The second kappa shape index (κ2) is 8.47. The topological polar surface area (TPSA) is 100 Å². The van der Waals surface area contributed by atoms with E-state index in [0.717, 1.165) is 12.0 Å². The molecule has 1 aliphatic heterocycles. The minimum atomic E-state index is -0.665. The largest absolute Gasteiger partial charge is 0.366 e. The van der Waals surface area contributed by atoms with Crippen molar-refractivity contribution in [2.24, 2.45) is 5.73 Å². The van der Waals surface area contributed by atoms with Gasteiger partial charge in [0.05, 0.1) is 22.9 Å². The van der Waals surface area contributed by atoms with Crippen molar-refractivity contribution in [1.29, 1.82) is 5.26 Å². The number of nitriles is 1. The summed E-state index contributed by atoms with van der Waals surface area (Å²) >= 11 is 0. The Bertz CT molecular complexity index is 1260. The smallest absolute Gasteiger partial charge is 0.250 e. The summed E-state index contributed by atoms with van der Waals surface area (Å²) in [5.74, 6) is -0.597. The van der Waals surface area contributed by atoms with E-state index >= 15 is 0 Å². The molecule has 0 bridgehead atoms. The number of nitrogens with zero attached hydrogens (tertiary/aromatic N) is 3. The van der Waals surface area contributed by atoms with Gasteiger partial charge in [-0.1, -0.05) is 36.4 Å². The van der Waals surface area contributed by atoms with Crippen LogP contribution in [-0.4, -0.2) is 23.2 Å². The Morgan fingerprint density at radius 3 is 2.52 bits per heavy atom. The van der Waals surface area contributed by atoms with Crippen molar-refractivity contribution >= 4 is 29.0 Å². The standard InChI is InChI=1S/C25H18N4O2/c26-14-17-7-4-5-10-20(17)22-13-18(24-21(25(27)31)11-6-12-28-24)15-29(23(22)16-30)19-8-2-1-3-9-19/h1-13,15-16,23H,(H2,27,31). The van der Waals surface area contributed by atoms with E-state index < -0.39 is 11.9 Å². The third-order valence-corrected chi connectivity index (χ3v) is 5.10. The van der Waals surface area contributed by atoms with Crippen LogP contribution < -0.4 is 10.6 Å². The maximum Gasteiger partial charge on any atom is 0.250 e. The normalized spacial score (nSPS) is 15.5. The molecule has 0 aliphatic carbocycles. The molecule has 4 rings (SSSR count). The van der Waals surface area contributed by atoms with Gasteiger partial charge < -0.3 is 15.4 Å². The minimum absolute atomic E-state index is 0.274. The second-order valence-electron chi connectivity index (χ2n) is 6.93. The molecule has 0 fully saturated rings. The molecular formula is C25H18N4O2. The van der Waals surface area contributed by atoms with Gasteiger partial charge in [0.25, 0.3) is 5.91 Å². The highest BCUT2D eigenvalue weighted by molar-refractivity contribution is 6.03. The third-order valence-electron chi connectivity index (χ3n) is 5.10. The van der Waals surface area contributed by atoms with E-state index in [9.17, 15) is 14.9 Å². The molecule has 0 saturated carbocycles. The lowest BCUT2D eigenvalue weighted by Crippen LogP contribution is -2.36. The number of hydrogen-bond acceptors (Lipinski definition) is 5. The van der Waals surface area contributed by atoms with Crippen molar-refractivity contribution in [2.75, 3.05) is 4.90 Å². The molecule has 6 nitrogen and oxygen atoms in total. The molecule has 0 spiro atoms. The van der Waals surface area contributed by atoms with Crippen LogP contribution in [0.3, 0.4) is 0 Å². The van der Waals surface area contributed by atoms with Crippen LogP contribution in [0.1, 0.15) is 27.2 Å². The van der Waals surface area contributed by atoms with Crippen molar-refractivity contribution in [3.05, 3.63) is 108 Å². The van der Waals surface area contributed by atoms with E-state index in [2.05, 4.69) is 11.1 Å². The van der Waals surface area contributed by atoms with Gasteiger partial charge in [0.15, 0.2) is 0 Å². The zero-order valence-electron chi connectivity index (χ0n) is 16.5. The number of aldehydes is 1. The van der Waals surface area contributed by atoms with E-state index in [-0.39, 0.29) is 5.56 Å². The highest BCUT2D eigenvalue weighted by atomic mass is 16.1. The fourth-order valence-corrected chi connectivity index (χ4v) is 3.68. The van der Waals surface area contributed by atoms with Crippen molar-refractivity contribution in [3.8, 4) is 6.07 Å². The molecule has 1 aromatic heterocycles. The molecule has 2 N–H and O–H groups in total. The molecular weight excluding hydrogens is 388 g/mol. The van der Waals surface area contributed by atoms with Gasteiger partial charge in [0.2, 0.25) is 0 Å². The summed E-state index contributed by atoms with van der Waals surface area (Å²) in [7, 11) is 0. The summed E-state index contributed by atoms with van der Waals surface area (Å²) in [6.07, 6.45) is 6.00. The first-order chi connectivity index (χ1) is 15.1. The van der Waals surface area contributed by atoms with Crippen LogP contribution >= 0.6 is 0 Å². The van der Waals surface area contributed by atoms with Gasteiger partial charge in [-0.3, -0.25) is 9.78 Å². The van der Waals surface area contributed by atoms with Crippen molar-refractivity contribution in [1.82, 2.24) is 4.98 Å². The lowest BCUT2D eigenvalue weighted by atomic mass is 9.88. The van der Waals surface area contributed by atoms with Crippen molar-refractivity contribution < 1.29 is 9.59 Å². The maximum absolute atomic E-state index is 12.3. The predicted octanol–water partition coefficient (Wildman–Crippen LogP) is 3.56. The Hall–Kier alpha value is -4.50. The van der Waals surface area contributed by atoms with E-state index in [4.69, 9.17) is 5.73 Å². The zero-order valence-corrected chi connectivity index (χ0v) is 16.5. The SMILES string of the molecule is N#Cc1ccccc1C1=CC(c2ncccc2C(N)=O)=CN(c2ccccc2)C1C=O. The van der Waals surface area contributed by atoms with Gasteiger partial charge in [-0.15, -0.1) is 0 Å². The van der Waals surface area contributed by atoms with E-state index in [1.165, 1.54) is 0 Å². The minimum Gasteiger partial charge on any atom is -0.366 e. The predicted molar refractivity (Wildman–Crippen MR) is 119 cm³/mol. The second-order valence-corrected chi connectivity index (χ2v) is 6.93. The van der Waals surface area contributed by atoms with Crippen LogP contribution in [0.4, 0.5) is 5.69 Å². The molecule has 31 heavy (non-hydrogen) atoms. The molecule has 6 heteroatoms. The van der Waals surface area contributed by atoms with Gasteiger partial charge >= 0.3 is 0 Å². The molecule has 1 aliphatic rings. The Morgan fingerprint density at radius 1 is 1.06 bits per heavy atom. The fraction of sp³-hybridized carbons (Fsp3) is 0.0400. The Morgan fingerprint density at radius 2 is 1.81 bits per heavy atom. The van der Waals surface area contributed by atoms with Crippen LogP contribution in [-0.2, 0) is 4.79 Å². The summed E-state index contributed by atoms with van der Waals surface area (Å²) in [6, 6.07) is 21.3. The quantitative estimate of drug-likeness (QED) is 0.653. The van der Waals surface area contributed by atoms with Crippen molar-refractivity contribution in [3.63, 3.8) is 0 Å². The van der Waals surface area contributed by atoms with Crippen molar-refractivity contribution in [2.45, 2.75) is 6.04 Å². The van der Waals surface area contributed by atoms with Crippen LogP contribution in [0.15, 0.2) is 85.2 Å². The van der Waals surface area contributed by atoms with E-state index in [0.29, 0.717) is 28.0 Å². The van der Waals surface area contributed by atoms with Gasteiger partial charge in [0.1, 0.15) is 12.3 Å². The number of amides is 1. The van der Waals surface area contributed by atoms with E-state index in [1.54, 1.807) is 48.8 Å². The molecule has 1 amide bonds. The van der Waals surface area contributed by atoms with Crippen LogP contribution in [0, 0.1) is 11.3 Å². The molecule has 2 aromatic carbocycles. The fourth-order valence-electron chi connectivity index (χ4n) is 3.68. The first kappa shape index (κ1) is 19.8. The lowest BCUT2D eigenvalue weighted by Gasteiger charge is -2.33. The number of hydrogen-bond donors (Lipinski definition) is 1. The highest BCUT2D eigenvalue weighted by Crippen LogP contribution is 2.36. The number of aromatic nitrogens is 1. The first-order valence-electron chi connectivity index (χ1n) is 9.61. The zero-order chi connectivity index (χ0) is 21.8. The third kappa shape index (κ3) is 3.72. The highest BCUT2D eigenvalue weighted by Gasteiger charge is 2.29. The summed E-state index contributed by atoms with van der Waals surface area (Å²) in [5.41, 5.74) is 9.38. The van der Waals surface area contributed by atoms with E-state index in [1.807, 2.05) is 41.3 Å². The molecule has 150 valence electrons. The number of allylic oxidation sites excluding steroid dienone is 2. The number of pyridine rings is 1. The Labute approximate surface area is 179 Å². The molecule has 0 saturated heterocycles. The molecule has 1 atom stereocenters. The number of para-hydroxylation sites is 1. The number of nitrogens with two attached hydrogens (primary N) is 1. The summed E-state index contributed by atoms with van der Waals surface area (Å²) in [4.78, 5) is 30.5. The maximum atomic E-state index is 12.3. The van der Waals surface area contributed by atoms with Gasteiger partial charge in [0, 0.05) is 23.7 Å². The van der Waals surface area contributed by atoms with Gasteiger partial charge in [-0.05, 0) is 47.5 Å². The summed E-state index contributed by atoms with van der Waals surface area (Å²) in [6.45, 7) is 0. The lowest BCUT2D eigenvalue weighted by molar-refractivity contribution is -0.107. The number of carbonyl (C=O) groups is 2. The van der Waals surface area contributed by atoms with Crippen LogP contribution in [0.5, 0.6) is 0 Å². The number of anilines is 1. The molecule has 3 aromatic rings. The molecule has 2 heterocycles. The average molecular weight is 406 g/mol. The number of carbonyl (C=O) groups excluding carboxylic acids is 2. The van der Waals surface area contributed by atoms with Gasteiger partial charge in [-0.25, -0.2) is 0 Å². The monoisotopic (exact) mass is 406 g/mol. The summed E-state index contributed by atoms with van der Waals surface area (Å²) in [5, 5.41) is 9.62. The molecule has 0 radical (unpaired) electrons. The first-order valence-corrected chi connectivity index (χ1v) is 9.61. The van der Waals surface area contributed by atoms with Gasteiger partial charge in [-0.2, -0.15) is 5.26 Å².